The Hall–Kier alpha value is -1.51. The number of aryl methyl sites for hydroxylation is 1. The molecule has 0 aromatic heterocycles. The molecule has 0 saturated heterocycles. The number of benzene rings is 2. The highest BCUT2D eigenvalue weighted by Crippen LogP contribution is 2.25. The fraction of sp³-hybridized carbons (Fsp3) is 0.294. The second kappa shape index (κ2) is 8.62. The molecule has 0 amide bonds. The van der Waals surface area contributed by atoms with Gasteiger partial charge >= 0.3 is 0 Å². The smallest absolute Gasteiger partial charge is 0.125 e. The average molecular weight is 292 g/mol. The summed E-state index contributed by atoms with van der Waals surface area (Å²) < 4.78 is 6.14. The predicted octanol–water partition coefficient (Wildman–Crippen LogP) is 4.15. The Morgan fingerprint density at radius 3 is 2.45 bits per heavy atom. The van der Waals surface area contributed by atoms with Gasteiger partial charge in [0, 0.05) is 6.42 Å². The zero-order chi connectivity index (χ0) is 13.5. The van der Waals surface area contributed by atoms with Gasteiger partial charge in [0.2, 0.25) is 0 Å². The van der Waals surface area contributed by atoms with Gasteiger partial charge in [-0.05, 0) is 43.8 Å². The van der Waals surface area contributed by atoms with Crippen LogP contribution in [0.3, 0.4) is 0 Å². The van der Waals surface area contributed by atoms with Crippen molar-refractivity contribution in [3.8, 4) is 5.75 Å². The molecule has 108 valence electrons. The molecular weight excluding hydrogens is 270 g/mol. The van der Waals surface area contributed by atoms with E-state index in [0.717, 1.165) is 18.7 Å². The molecule has 2 aromatic rings. The molecule has 3 heteroatoms. The zero-order valence-electron chi connectivity index (χ0n) is 12.0. The van der Waals surface area contributed by atoms with Crippen LogP contribution < -0.4 is 10.1 Å². The first kappa shape index (κ1) is 16.5. The van der Waals surface area contributed by atoms with Gasteiger partial charge in [0.1, 0.15) is 11.9 Å². The Morgan fingerprint density at radius 1 is 1.05 bits per heavy atom. The SMILES string of the molecule is CNCC[C@@H](Oc1cccc(C)c1)c1ccccc1.Cl. The van der Waals surface area contributed by atoms with E-state index in [0.29, 0.717) is 0 Å². The van der Waals surface area contributed by atoms with Crippen molar-refractivity contribution in [3.05, 3.63) is 65.7 Å². The third-order valence-electron chi connectivity index (χ3n) is 3.10. The van der Waals surface area contributed by atoms with Crippen molar-refractivity contribution in [1.82, 2.24) is 5.32 Å². The first-order chi connectivity index (χ1) is 9.29. The van der Waals surface area contributed by atoms with E-state index in [1.165, 1.54) is 11.1 Å². The van der Waals surface area contributed by atoms with E-state index in [-0.39, 0.29) is 18.5 Å². The normalized spacial score (nSPS) is 11.5. The summed E-state index contributed by atoms with van der Waals surface area (Å²) in [4.78, 5) is 0. The minimum atomic E-state index is 0. The van der Waals surface area contributed by atoms with Gasteiger partial charge in [-0.25, -0.2) is 0 Å². The predicted molar refractivity (Wildman–Crippen MR) is 86.8 cm³/mol. The maximum Gasteiger partial charge on any atom is 0.125 e. The molecule has 0 aliphatic carbocycles. The highest BCUT2D eigenvalue weighted by molar-refractivity contribution is 5.85. The van der Waals surface area contributed by atoms with Crippen molar-refractivity contribution in [2.24, 2.45) is 0 Å². The summed E-state index contributed by atoms with van der Waals surface area (Å²) in [6, 6.07) is 18.6. The van der Waals surface area contributed by atoms with E-state index in [2.05, 4.69) is 48.6 Å². The molecule has 0 radical (unpaired) electrons. The Kier molecular flexibility index (Phi) is 7.13. The van der Waals surface area contributed by atoms with Crippen molar-refractivity contribution < 1.29 is 4.74 Å². The van der Waals surface area contributed by atoms with Crippen LogP contribution in [0.25, 0.3) is 0 Å². The standard InChI is InChI=1S/C17H21NO.ClH/c1-14-7-6-10-16(13-14)19-17(11-12-18-2)15-8-4-3-5-9-15;/h3-10,13,17-18H,11-12H2,1-2H3;1H/t17-;/m1./s1. The van der Waals surface area contributed by atoms with Gasteiger partial charge in [-0.2, -0.15) is 0 Å². The van der Waals surface area contributed by atoms with Crippen molar-refractivity contribution in [1.29, 1.82) is 0 Å². The first-order valence-corrected chi connectivity index (χ1v) is 6.72. The van der Waals surface area contributed by atoms with E-state index >= 15 is 0 Å². The van der Waals surface area contributed by atoms with Crippen LogP contribution in [0, 0.1) is 6.92 Å². The van der Waals surface area contributed by atoms with Crippen LogP contribution in [0.2, 0.25) is 0 Å². The Balaban J connectivity index is 0.00000200. The highest BCUT2D eigenvalue weighted by atomic mass is 35.5. The van der Waals surface area contributed by atoms with Gasteiger partial charge in [0.15, 0.2) is 0 Å². The molecular formula is C17H22ClNO. The average Bonchev–Trinajstić information content (AvgIpc) is 2.44. The molecule has 1 atom stereocenters. The minimum Gasteiger partial charge on any atom is -0.486 e. The molecule has 0 heterocycles. The van der Waals surface area contributed by atoms with Gasteiger partial charge in [-0.15, -0.1) is 12.4 Å². The van der Waals surface area contributed by atoms with Crippen LogP contribution in [0.4, 0.5) is 0 Å². The second-order valence-corrected chi connectivity index (χ2v) is 4.73. The van der Waals surface area contributed by atoms with E-state index in [4.69, 9.17) is 4.74 Å². The van der Waals surface area contributed by atoms with Gasteiger partial charge in [-0.1, -0.05) is 42.5 Å². The summed E-state index contributed by atoms with van der Waals surface area (Å²) in [6.07, 6.45) is 1.05. The summed E-state index contributed by atoms with van der Waals surface area (Å²) >= 11 is 0. The number of hydrogen-bond acceptors (Lipinski definition) is 2. The topological polar surface area (TPSA) is 21.3 Å². The first-order valence-electron chi connectivity index (χ1n) is 6.72. The molecule has 0 unspecified atom stereocenters. The zero-order valence-corrected chi connectivity index (χ0v) is 12.8. The molecule has 0 bridgehead atoms. The molecule has 0 spiro atoms. The maximum atomic E-state index is 6.14. The molecule has 0 saturated carbocycles. The Labute approximate surface area is 127 Å². The molecule has 2 aromatic carbocycles. The van der Waals surface area contributed by atoms with Gasteiger partial charge in [0.25, 0.3) is 0 Å². The van der Waals surface area contributed by atoms with Crippen LogP contribution in [0.1, 0.15) is 23.7 Å². The summed E-state index contributed by atoms with van der Waals surface area (Å²) in [5, 5.41) is 3.19. The van der Waals surface area contributed by atoms with E-state index < -0.39 is 0 Å². The minimum absolute atomic E-state index is 0. The lowest BCUT2D eigenvalue weighted by molar-refractivity contribution is 0.195. The van der Waals surface area contributed by atoms with E-state index in [9.17, 15) is 0 Å². The van der Waals surface area contributed by atoms with Crippen LogP contribution in [0.15, 0.2) is 54.6 Å². The van der Waals surface area contributed by atoms with Crippen molar-refractivity contribution >= 4 is 12.4 Å². The van der Waals surface area contributed by atoms with Crippen LogP contribution >= 0.6 is 12.4 Å². The molecule has 2 nitrogen and oxygen atoms in total. The summed E-state index contributed by atoms with van der Waals surface area (Å²) in [5.41, 5.74) is 2.44. The van der Waals surface area contributed by atoms with Gasteiger partial charge in [0.05, 0.1) is 0 Å². The highest BCUT2D eigenvalue weighted by Gasteiger charge is 2.12. The van der Waals surface area contributed by atoms with Crippen LogP contribution in [-0.4, -0.2) is 13.6 Å². The largest absolute Gasteiger partial charge is 0.486 e. The van der Waals surface area contributed by atoms with E-state index in [1.807, 2.05) is 25.2 Å². The third-order valence-corrected chi connectivity index (χ3v) is 3.10. The summed E-state index contributed by atoms with van der Waals surface area (Å²) in [6.45, 7) is 3.02. The van der Waals surface area contributed by atoms with Crippen molar-refractivity contribution in [2.45, 2.75) is 19.4 Å². The van der Waals surface area contributed by atoms with Crippen molar-refractivity contribution in [3.63, 3.8) is 0 Å². The lowest BCUT2D eigenvalue weighted by Gasteiger charge is -2.20. The number of hydrogen-bond donors (Lipinski definition) is 1. The van der Waals surface area contributed by atoms with Crippen LogP contribution in [-0.2, 0) is 0 Å². The number of ether oxygens (including phenoxy) is 1. The number of halogens is 1. The fourth-order valence-corrected chi connectivity index (χ4v) is 2.09. The monoisotopic (exact) mass is 291 g/mol. The molecule has 20 heavy (non-hydrogen) atoms. The van der Waals surface area contributed by atoms with Gasteiger partial charge in [-0.3, -0.25) is 0 Å². The molecule has 1 N–H and O–H groups in total. The van der Waals surface area contributed by atoms with Crippen molar-refractivity contribution in [2.75, 3.05) is 13.6 Å². The maximum absolute atomic E-state index is 6.14. The quantitative estimate of drug-likeness (QED) is 0.863. The van der Waals surface area contributed by atoms with Crippen LogP contribution in [0.5, 0.6) is 5.75 Å². The van der Waals surface area contributed by atoms with Gasteiger partial charge < -0.3 is 10.1 Å². The summed E-state index contributed by atoms with van der Waals surface area (Å²) in [5.74, 6) is 0.935. The fourth-order valence-electron chi connectivity index (χ4n) is 2.09. The molecule has 0 aliphatic heterocycles. The molecule has 0 aliphatic rings. The molecule has 0 fully saturated rings. The van der Waals surface area contributed by atoms with E-state index in [1.54, 1.807) is 0 Å². The lowest BCUT2D eigenvalue weighted by Crippen LogP contribution is -2.16. The number of nitrogens with one attached hydrogen (secondary N) is 1. The number of rotatable bonds is 6. The second-order valence-electron chi connectivity index (χ2n) is 4.73. The third kappa shape index (κ3) is 4.87. The lowest BCUT2D eigenvalue weighted by atomic mass is 10.1. The molecule has 2 rings (SSSR count). The Morgan fingerprint density at radius 2 is 1.80 bits per heavy atom. The summed E-state index contributed by atoms with van der Waals surface area (Å²) in [7, 11) is 1.97. The Bertz CT molecular complexity index is 501.